The second-order valence-electron chi connectivity index (χ2n) is 4.91. The minimum Gasteiger partial charge on any atom is -0.391 e. The minimum absolute atomic E-state index is 0.0575. The van der Waals surface area contributed by atoms with E-state index in [1.54, 1.807) is 6.07 Å². The Hall–Kier alpha value is -1.63. The summed E-state index contributed by atoms with van der Waals surface area (Å²) >= 11 is 12.1. The summed E-state index contributed by atoms with van der Waals surface area (Å²) in [5.74, 6) is -0.748. The Morgan fingerprint density at radius 1 is 1.41 bits per heavy atom. The van der Waals surface area contributed by atoms with Gasteiger partial charge in [0.15, 0.2) is 0 Å². The molecule has 1 aromatic heterocycles. The molecule has 0 aliphatic heterocycles. The van der Waals surface area contributed by atoms with Gasteiger partial charge in [0.25, 0.3) is 5.91 Å². The zero-order valence-electron chi connectivity index (χ0n) is 11.7. The van der Waals surface area contributed by atoms with Gasteiger partial charge in [-0.2, -0.15) is 0 Å². The summed E-state index contributed by atoms with van der Waals surface area (Å²) in [4.78, 5) is 14.6. The van der Waals surface area contributed by atoms with Crippen molar-refractivity contribution in [1.82, 2.24) is 14.8 Å². The molecular formula is C14H16Cl2N4O2. The van der Waals surface area contributed by atoms with Crippen molar-refractivity contribution in [2.75, 3.05) is 0 Å². The lowest BCUT2D eigenvalue weighted by molar-refractivity contribution is 0.0987. The number of halogens is 2. The molecule has 2 rings (SSSR count). The van der Waals surface area contributed by atoms with Crippen LogP contribution < -0.4 is 5.73 Å². The van der Waals surface area contributed by atoms with Gasteiger partial charge in [-0.1, -0.05) is 35.3 Å². The first kappa shape index (κ1) is 16.7. The Morgan fingerprint density at radius 3 is 2.86 bits per heavy atom. The summed E-state index contributed by atoms with van der Waals surface area (Å²) in [6, 6.07) is 5.50. The van der Waals surface area contributed by atoms with Gasteiger partial charge in [0.1, 0.15) is 6.33 Å². The summed E-state index contributed by atoms with van der Waals surface area (Å²) in [5.41, 5.74) is 6.02. The summed E-state index contributed by atoms with van der Waals surface area (Å²) in [5, 5.41) is 14.9. The maximum Gasteiger partial charge on any atom is 0.288 e. The predicted molar refractivity (Wildman–Crippen MR) is 83.9 cm³/mol. The average molecular weight is 343 g/mol. The number of aryl methyl sites for hydroxylation is 1. The predicted octanol–water partition coefficient (Wildman–Crippen LogP) is 2.07. The molecule has 0 aliphatic rings. The van der Waals surface area contributed by atoms with E-state index in [1.165, 1.54) is 11.0 Å². The molecule has 0 unspecified atom stereocenters. The smallest absolute Gasteiger partial charge is 0.288 e. The number of rotatable bonds is 7. The van der Waals surface area contributed by atoms with Crippen LogP contribution in [0, 0.1) is 0 Å². The number of hydrogen-bond donors (Lipinski definition) is 2. The number of aromatic nitrogens is 3. The number of nitrogens with two attached hydrogens (primary N) is 1. The van der Waals surface area contributed by atoms with Gasteiger partial charge in [0.2, 0.25) is 5.82 Å². The summed E-state index contributed by atoms with van der Waals surface area (Å²) in [6.07, 6.45) is 2.81. The van der Waals surface area contributed by atoms with E-state index in [-0.39, 0.29) is 12.4 Å². The molecule has 0 aliphatic carbocycles. The van der Waals surface area contributed by atoms with Crippen LogP contribution in [0.4, 0.5) is 0 Å². The van der Waals surface area contributed by atoms with Gasteiger partial charge in [0, 0.05) is 0 Å². The normalized spacial score (nSPS) is 12.3. The van der Waals surface area contributed by atoms with E-state index in [0.717, 1.165) is 18.4 Å². The Labute approximate surface area is 137 Å². The van der Waals surface area contributed by atoms with Crippen molar-refractivity contribution >= 4 is 29.1 Å². The van der Waals surface area contributed by atoms with Gasteiger partial charge in [-0.25, -0.2) is 9.67 Å². The average Bonchev–Trinajstić information content (AvgIpc) is 2.92. The lowest BCUT2D eigenvalue weighted by Crippen LogP contribution is -2.18. The first-order chi connectivity index (χ1) is 10.5. The van der Waals surface area contributed by atoms with Crippen molar-refractivity contribution in [1.29, 1.82) is 0 Å². The van der Waals surface area contributed by atoms with Crippen LogP contribution in [0.2, 0.25) is 10.0 Å². The molecule has 1 amide bonds. The molecule has 8 heteroatoms. The van der Waals surface area contributed by atoms with Crippen LogP contribution in [0.25, 0.3) is 0 Å². The Kier molecular flexibility index (Phi) is 5.76. The topological polar surface area (TPSA) is 94.0 Å². The van der Waals surface area contributed by atoms with E-state index < -0.39 is 12.0 Å². The lowest BCUT2D eigenvalue weighted by atomic mass is 10.1. The highest BCUT2D eigenvalue weighted by molar-refractivity contribution is 6.42. The fraction of sp³-hybridized carbons (Fsp3) is 0.357. The largest absolute Gasteiger partial charge is 0.391 e. The van der Waals surface area contributed by atoms with E-state index in [0.29, 0.717) is 16.5 Å². The maximum absolute atomic E-state index is 10.9. The van der Waals surface area contributed by atoms with E-state index >= 15 is 0 Å². The highest BCUT2D eigenvalue weighted by atomic mass is 35.5. The molecule has 1 aromatic carbocycles. The van der Waals surface area contributed by atoms with E-state index in [4.69, 9.17) is 28.9 Å². The molecule has 118 valence electrons. The molecule has 0 saturated heterocycles. The Morgan fingerprint density at radius 2 is 2.18 bits per heavy atom. The number of benzene rings is 1. The summed E-state index contributed by atoms with van der Waals surface area (Å²) in [7, 11) is 0. The van der Waals surface area contributed by atoms with Crippen molar-refractivity contribution in [3.8, 4) is 0 Å². The standard InChI is InChI=1S/C14H16Cl2N4O2/c15-11-6-2-4-9(12(11)16)3-1-5-10(21)7-20-8-18-14(19-20)13(17)22/h2,4,6,8,10,21H,1,3,5,7H2,(H2,17,22)/t10-/m0/s1. The van der Waals surface area contributed by atoms with Crippen LogP contribution in [-0.4, -0.2) is 31.9 Å². The molecule has 1 heterocycles. The molecule has 2 aromatic rings. The second-order valence-corrected chi connectivity index (χ2v) is 5.70. The Balaban J connectivity index is 1.81. The first-order valence-electron chi connectivity index (χ1n) is 6.77. The van der Waals surface area contributed by atoms with E-state index in [1.807, 2.05) is 12.1 Å². The Bertz CT molecular complexity index is 660. The van der Waals surface area contributed by atoms with Gasteiger partial charge in [-0.15, -0.1) is 5.10 Å². The van der Waals surface area contributed by atoms with Gasteiger partial charge in [0.05, 0.1) is 22.7 Å². The maximum atomic E-state index is 10.9. The minimum atomic E-state index is -0.691. The monoisotopic (exact) mass is 342 g/mol. The number of carbonyl (C=O) groups excluding carboxylic acids is 1. The molecule has 0 radical (unpaired) electrons. The van der Waals surface area contributed by atoms with Gasteiger partial charge >= 0.3 is 0 Å². The van der Waals surface area contributed by atoms with Crippen molar-refractivity contribution in [2.24, 2.45) is 5.73 Å². The van der Waals surface area contributed by atoms with Gasteiger partial charge in [-0.3, -0.25) is 4.79 Å². The van der Waals surface area contributed by atoms with E-state index in [2.05, 4.69) is 10.1 Å². The zero-order valence-corrected chi connectivity index (χ0v) is 13.3. The first-order valence-corrected chi connectivity index (χ1v) is 7.53. The number of aliphatic hydroxyl groups is 1. The number of primary amides is 1. The fourth-order valence-corrected chi connectivity index (χ4v) is 2.49. The van der Waals surface area contributed by atoms with Crippen LogP contribution in [0.3, 0.4) is 0 Å². The molecule has 0 saturated carbocycles. The van der Waals surface area contributed by atoms with Crippen molar-refractivity contribution < 1.29 is 9.90 Å². The molecule has 0 spiro atoms. The van der Waals surface area contributed by atoms with Crippen LogP contribution in [0.1, 0.15) is 29.0 Å². The van der Waals surface area contributed by atoms with E-state index in [9.17, 15) is 9.90 Å². The molecule has 0 fully saturated rings. The van der Waals surface area contributed by atoms with Crippen molar-refractivity contribution in [3.63, 3.8) is 0 Å². The highest BCUT2D eigenvalue weighted by Crippen LogP contribution is 2.26. The quantitative estimate of drug-likeness (QED) is 0.805. The summed E-state index contributed by atoms with van der Waals surface area (Å²) < 4.78 is 1.40. The lowest BCUT2D eigenvalue weighted by Gasteiger charge is -2.11. The second kappa shape index (κ2) is 7.58. The van der Waals surface area contributed by atoms with Crippen LogP contribution in [0.15, 0.2) is 24.5 Å². The van der Waals surface area contributed by atoms with Crippen molar-refractivity contribution in [2.45, 2.75) is 31.9 Å². The molecule has 22 heavy (non-hydrogen) atoms. The third-order valence-electron chi connectivity index (χ3n) is 3.17. The van der Waals surface area contributed by atoms with Crippen LogP contribution in [-0.2, 0) is 13.0 Å². The molecular weight excluding hydrogens is 327 g/mol. The molecule has 3 N–H and O–H groups in total. The highest BCUT2D eigenvalue weighted by Gasteiger charge is 2.11. The molecule has 6 nitrogen and oxygen atoms in total. The number of nitrogens with zero attached hydrogens (tertiary/aromatic N) is 3. The van der Waals surface area contributed by atoms with Crippen LogP contribution >= 0.6 is 23.2 Å². The number of aliphatic hydroxyl groups excluding tert-OH is 1. The zero-order chi connectivity index (χ0) is 16.1. The number of hydrogen-bond acceptors (Lipinski definition) is 4. The SMILES string of the molecule is NC(=O)c1ncn(C[C@@H](O)CCCc2cccc(Cl)c2Cl)n1. The van der Waals surface area contributed by atoms with Gasteiger partial charge < -0.3 is 10.8 Å². The fourth-order valence-electron chi connectivity index (χ4n) is 2.07. The number of amides is 1. The van der Waals surface area contributed by atoms with Crippen LogP contribution in [0.5, 0.6) is 0 Å². The van der Waals surface area contributed by atoms with Crippen molar-refractivity contribution in [3.05, 3.63) is 46.0 Å². The molecule has 1 atom stereocenters. The number of carbonyl (C=O) groups is 1. The van der Waals surface area contributed by atoms with Gasteiger partial charge in [-0.05, 0) is 30.9 Å². The molecule has 0 bridgehead atoms. The third kappa shape index (κ3) is 4.43. The third-order valence-corrected chi connectivity index (χ3v) is 4.03. The summed E-state index contributed by atoms with van der Waals surface area (Å²) in [6.45, 7) is 0.254.